The molecule has 2 aliphatic rings. The quantitative estimate of drug-likeness (QED) is 0.633. The Labute approximate surface area is 112 Å². The Hall–Kier alpha value is -1.63. The summed E-state index contributed by atoms with van der Waals surface area (Å²) in [4.78, 5) is 2.86. The summed E-state index contributed by atoms with van der Waals surface area (Å²) in [6, 6.07) is 4.48. The van der Waals surface area contributed by atoms with Gasteiger partial charge in [-0.3, -0.25) is 5.73 Å². The van der Waals surface area contributed by atoms with Gasteiger partial charge in [-0.25, -0.2) is 4.99 Å². The molecule has 3 N–H and O–H groups in total. The maximum Gasteiger partial charge on any atom is 0.342 e. The molecule has 6 nitrogen and oxygen atoms in total. The summed E-state index contributed by atoms with van der Waals surface area (Å²) >= 11 is 0. The number of methoxy groups -OCH3 is 2. The topological polar surface area (TPSA) is 106 Å². The molecule has 1 aliphatic heterocycles. The van der Waals surface area contributed by atoms with Gasteiger partial charge in [0.05, 0.1) is 12.1 Å². The Morgan fingerprint density at radius 2 is 1.95 bits per heavy atom. The molecule has 0 aromatic heterocycles. The summed E-state index contributed by atoms with van der Waals surface area (Å²) in [7, 11) is 2.90. The minimum atomic E-state index is -1.33. The van der Waals surface area contributed by atoms with E-state index in [0.717, 1.165) is 19.3 Å². The molecule has 1 fully saturated rings. The Morgan fingerprint density at radius 1 is 1.32 bits per heavy atom. The molecule has 19 heavy (non-hydrogen) atoms. The van der Waals surface area contributed by atoms with Crippen molar-refractivity contribution in [3.05, 3.63) is 0 Å². The highest BCUT2D eigenvalue weighted by atomic mass is 16.7. The van der Waals surface area contributed by atoms with Crippen molar-refractivity contribution < 1.29 is 14.5 Å². The Kier molecular flexibility index (Phi) is 3.04. The number of hydrogen-bond acceptors (Lipinski definition) is 5. The van der Waals surface area contributed by atoms with Crippen LogP contribution in [-0.4, -0.2) is 26.0 Å². The highest BCUT2D eigenvalue weighted by molar-refractivity contribution is 5.93. The van der Waals surface area contributed by atoms with Gasteiger partial charge in [0.1, 0.15) is 0 Å². The van der Waals surface area contributed by atoms with E-state index in [-0.39, 0.29) is 11.8 Å². The van der Waals surface area contributed by atoms with E-state index in [4.69, 9.17) is 15.2 Å². The largest absolute Gasteiger partial charge is 0.342 e. The molecule has 0 aromatic carbocycles. The number of nitrogens with two attached hydrogens (primary N) is 1. The number of fused-ring (bicyclic) bond motifs is 1. The zero-order valence-electron chi connectivity index (χ0n) is 11.5. The van der Waals surface area contributed by atoms with Crippen LogP contribution >= 0.6 is 0 Å². The van der Waals surface area contributed by atoms with Crippen LogP contribution in [0.2, 0.25) is 0 Å². The van der Waals surface area contributed by atoms with Crippen molar-refractivity contribution in [3.8, 4) is 12.1 Å². The minimum Gasteiger partial charge on any atom is -0.317 e. The van der Waals surface area contributed by atoms with Crippen molar-refractivity contribution in [2.45, 2.75) is 32.1 Å². The summed E-state index contributed by atoms with van der Waals surface area (Å²) in [6.07, 6.45) is 2.70. The first kappa shape index (κ1) is 13.8. The fourth-order valence-corrected chi connectivity index (χ4v) is 3.63. The van der Waals surface area contributed by atoms with Crippen LogP contribution in [0.5, 0.6) is 0 Å². The summed E-state index contributed by atoms with van der Waals surface area (Å²) < 4.78 is 10.8. The van der Waals surface area contributed by atoms with Crippen LogP contribution in [0.25, 0.3) is 0 Å². The first-order valence-corrected chi connectivity index (χ1v) is 6.40. The Morgan fingerprint density at radius 3 is 2.37 bits per heavy atom. The van der Waals surface area contributed by atoms with Gasteiger partial charge in [-0.05, 0) is 6.42 Å². The van der Waals surface area contributed by atoms with Gasteiger partial charge in [-0.15, -0.1) is 0 Å². The zero-order chi connectivity index (χ0) is 14.3. The number of nitrogens with zero attached hydrogens (tertiary/aromatic N) is 2. The molecule has 0 aromatic rings. The number of amidine groups is 1. The van der Waals surface area contributed by atoms with E-state index in [1.807, 2.05) is 0 Å². The van der Waals surface area contributed by atoms with Crippen LogP contribution in [-0.2, 0) is 9.47 Å². The average molecular weight is 263 g/mol. The summed E-state index contributed by atoms with van der Waals surface area (Å²) in [5.74, 6) is -1.21. The number of unbranched alkanes of at least 4 members (excludes halogenated alkanes) is 1. The normalized spacial score (nSPS) is 37.9. The van der Waals surface area contributed by atoms with Gasteiger partial charge in [0, 0.05) is 20.1 Å². The summed E-state index contributed by atoms with van der Waals surface area (Å²) in [6.45, 7) is 2.07. The third kappa shape index (κ3) is 1.19. The summed E-state index contributed by atoms with van der Waals surface area (Å²) in [5, 5.41) is 19.3. The molecule has 6 heteroatoms. The molecule has 0 amide bonds. The van der Waals surface area contributed by atoms with E-state index in [9.17, 15) is 10.5 Å². The SMILES string of the molecule is CCCC[C@@H]1[C@]2(C#N)C(N)=[NH+]C(OC)(OC)[C@]12C#N. The van der Waals surface area contributed by atoms with Crippen LogP contribution in [0.15, 0.2) is 0 Å². The number of ether oxygens (including phenoxy) is 2. The van der Waals surface area contributed by atoms with Crippen molar-refractivity contribution in [2.75, 3.05) is 14.2 Å². The smallest absolute Gasteiger partial charge is 0.317 e. The fourth-order valence-electron chi connectivity index (χ4n) is 3.63. The standard InChI is InChI=1S/C13H18N4O2/c1-4-5-6-9-11(7-14)10(16)17-13(18-2,19-3)12(9,11)8-15/h9H,4-6H2,1-3H3,(H2,16,17)/p+1/t9-,11-,12-/m1/s1. The van der Waals surface area contributed by atoms with Crippen LogP contribution in [0.4, 0.5) is 0 Å². The van der Waals surface area contributed by atoms with Crippen LogP contribution in [0.3, 0.4) is 0 Å². The molecule has 1 aliphatic carbocycles. The second kappa shape index (κ2) is 4.19. The van der Waals surface area contributed by atoms with Crippen LogP contribution in [0, 0.1) is 39.4 Å². The van der Waals surface area contributed by atoms with E-state index in [0.29, 0.717) is 0 Å². The maximum atomic E-state index is 9.68. The van der Waals surface area contributed by atoms with Gasteiger partial charge >= 0.3 is 5.91 Å². The van der Waals surface area contributed by atoms with E-state index < -0.39 is 16.7 Å². The predicted octanol–water partition coefficient (Wildman–Crippen LogP) is -0.776. The molecule has 1 heterocycles. The number of nitriles is 2. The second-order valence-electron chi connectivity index (χ2n) is 5.10. The third-order valence-electron chi connectivity index (χ3n) is 4.60. The molecular weight excluding hydrogens is 244 g/mol. The van der Waals surface area contributed by atoms with Crippen molar-refractivity contribution in [3.63, 3.8) is 0 Å². The second-order valence-corrected chi connectivity index (χ2v) is 5.10. The van der Waals surface area contributed by atoms with E-state index >= 15 is 0 Å². The molecule has 0 saturated heterocycles. The maximum absolute atomic E-state index is 9.68. The highest BCUT2D eigenvalue weighted by Gasteiger charge is 2.96. The molecule has 0 bridgehead atoms. The molecule has 0 spiro atoms. The zero-order valence-corrected chi connectivity index (χ0v) is 11.5. The van der Waals surface area contributed by atoms with Gasteiger partial charge in [-0.1, -0.05) is 19.8 Å². The molecule has 102 valence electrons. The van der Waals surface area contributed by atoms with Crippen molar-refractivity contribution in [2.24, 2.45) is 22.5 Å². The Bertz CT molecular complexity index is 500. The first-order valence-electron chi connectivity index (χ1n) is 6.40. The molecule has 0 unspecified atom stereocenters. The van der Waals surface area contributed by atoms with Crippen molar-refractivity contribution >= 4 is 5.84 Å². The molecule has 1 saturated carbocycles. The van der Waals surface area contributed by atoms with Crippen molar-refractivity contribution in [1.82, 2.24) is 0 Å². The Balaban J connectivity index is 2.52. The molecule has 0 radical (unpaired) electrons. The van der Waals surface area contributed by atoms with Crippen LogP contribution in [0.1, 0.15) is 26.2 Å². The van der Waals surface area contributed by atoms with E-state index in [1.165, 1.54) is 14.2 Å². The van der Waals surface area contributed by atoms with Gasteiger partial charge < -0.3 is 9.47 Å². The van der Waals surface area contributed by atoms with Crippen LogP contribution < -0.4 is 10.7 Å². The number of nitrogens with one attached hydrogen (secondary N) is 1. The summed E-state index contributed by atoms with van der Waals surface area (Å²) in [5.41, 5.74) is 3.90. The molecular formula is C13H19N4O2+. The van der Waals surface area contributed by atoms with Gasteiger partial charge in [0.15, 0.2) is 10.8 Å². The third-order valence-corrected chi connectivity index (χ3v) is 4.60. The lowest BCUT2D eigenvalue weighted by molar-refractivity contribution is -0.688. The lowest BCUT2D eigenvalue weighted by atomic mass is 9.94. The number of rotatable bonds is 5. The fraction of sp³-hybridized carbons (Fsp3) is 0.769. The minimum absolute atomic E-state index is 0.156. The number of hydrogen-bond donors (Lipinski definition) is 2. The van der Waals surface area contributed by atoms with Gasteiger partial charge in [0.2, 0.25) is 0 Å². The van der Waals surface area contributed by atoms with E-state index in [2.05, 4.69) is 24.1 Å². The van der Waals surface area contributed by atoms with E-state index in [1.54, 1.807) is 0 Å². The lowest BCUT2D eigenvalue weighted by Crippen LogP contribution is -2.90. The average Bonchev–Trinajstić information content (AvgIpc) is 2.98. The molecule has 2 rings (SSSR count). The highest BCUT2D eigenvalue weighted by Crippen LogP contribution is 2.75. The van der Waals surface area contributed by atoms with Crippen molar-refractivity contribution in [1.29, 1.82) is 10.5 Å². The predicted molar refractivity (Wildman–Crippen MR) is 66.0 cm³/mol. The van der Waals surface area contributed by atoms with Gasteiger partial charge in [0.25, 0.3) is 5.84 Å². The lowest BCUT2D eigenvalue weighted by Gasteiger charge is -2.26. The monoisotopic (exact) mass is 263 g/mol. The first-order chi connectivity index (χ1) is 9.06. The van der Waals surface area contributed by atoms with Gasteiger partial charge in [-0.2, -0.15) is 10.5 Å². The molecule has 3 atom stereocenters.